The summed E-state index contributed by atoms with van der Waals surface area (Å²) in [7, 11) is 0. The Hall–Kier alpha value is -2.21. The molecule has 1 heterocycles. The largest absolute Gasteiger partial charge is 0.360 e. The van der Waals surface area contributed by atoms with Crippen molar-refractivity contribution in [3.05, 3.63) is 54.6 Å². The van der Waals surface area contributed by atoms with E-state index in [2.05, 4.69) is 28.7 Å². The van der Waals surface area contributed by atoms with Crippen LogP contribution in [-0.2, 0) is 0 Å². The van der Waals surface area contributed by atoms with E-state index in [0.29, 0.717) is 24.5 Å². The quantitative estimate of drug-likeness (QED) is 0.768. The molecule has 1 aromatic heterocycles. The summed E-state index contributed by atoms with van der Waals surface area (Å²) in [6, 6.07) is 3.13. The van der Waals surface area contributed by atoms with Crippen LogP contribution in [0.15, 0.2) is 43.8 Å². The minimum absolute atomic E-state index is 0.0370. The minimum atomic E-state index is -0.525. The van der Waals surface area contributed by atoms with Crippen LogP contribution in [0.3, 0.4) is 0 Å². The number of tetrazole rings is 1. The van der Waals surface area contributed by atoms with E-state index in [4.69, 9.17) is 11.6 Å². The highest BCUT2D eigenvalue weighted by molar-refractivity contribution is 6.31. The molecule has 104 valence electrons. The van der Waals surface area contributed by atoms with Crippen molar-refractivity contribution in [3.63, 3.8) is 0 Å². The molecule has 0 aliphatic rings. The second kappa shape index (κ2) is 6.29. The van der Waals surface area contributed by atoms with E-state index in [-0.39, 0.29) is 5.02 Å². The first kappa shape index (κ1) is 14.2. The van der Waals surface area contributed by atoms with Gasteiger partial charge in [-0.1, -0.05) is 23.8 Å². The Kier molecular flexibility index (Phi) is 4.47. The van der Waals surface area contributed by atoms with Crippen molar-refractivity contribution in [3.8, 4) is 5.69 Å². The van der Waals surface area contributed by atoms with Crippen molar-refractivity contribution >= 4 is 17.3 Å². The summed E-state index contributed by atoms with van der Waals surface area (Å²) in [4.78, 5) is 1.75. The first-order valence-electron chi connectivity index (χ1n) is 5.87. The van der Waals surface area contributed by atoms with Gasteiger partial charge in [-0.15, -0.1) is 18.3 Å². The zero-order valence-corrected chi connectivity index (χ0v) is 11.5. The van der Waals surface area contributed by atoms with Crippen LogP contribution < -0.4 is 4.90 Å². The molecule has 0 N–H and O–H groups in total. The van der Waals surface area contributed by atoms with Gasteiger partial charge in [0.2, 0.25) is 0 Å². The Bertz CT molecular complexity index is 601. The lowest BCUT2D eigenvalue weighted by molar-refractivity contribution is 0.620. The lowest BCUT2D eigenvalue weighted by Crippen LogP contribution is -2.26. The van der Waals surface area contributed by atoms with Crippen LogP contribution >= 0.6 is 11.6 Å². The molecule has 2 aromatic rings. The van der Waals surface area contributed by atoms with Crippen molar-refractivity contribution in [2.45, 2.75) is 0 Å². The summed E-state index contributed by atoms with van der Waals surface area (Å²) in [5, 5.41) is 10.9. The van der Waals surface area contributed by atoms with Crippen LogP contribution in [0, 0.1) is 5.82 Å². The van der Waals surface area contributed by atoms with E-state index >= 15 is 0 Å². The van der Waals surface area contributed by atoms with Crippen LogP contribution in [0.25, 0.3) is 5.69 Å². The molecule has 0 fully saturated rings. The highest BCUT2D eigenvalue weighted by Gasteiger charge is 2.19. The van der Waals surface area contributed by atoms with Crippen molar-refractivity contribution < 1.29 is 4.39 Å². The van der Waals surface area contributed by atoms with Crippen LogP contribution in [0.2, 0.25) is 5.02 Å². The van der Waals surface area contributed by atoms with Crippen LogP contribution in [0.1, 0.15) is 0 Å². The maximum atomic E-state index is 14.4. The minimum Gasteiger partial charge on any atom is -0.360 e. The Morgan fingerprint density at radius 2 is 2.00 bits per heavy atom. The number of benzene rings is 1. The Balaban J connectivity index is 2.60. The maximum absolute atomic E-state index is 14.4. The first-order valence-corrected chi connectivity index (χ1v) is 6.25. The Morgan fingerprint density at radius 3 is 2.55 bits per heavy atom. The monoisotopic (exact) mass is 293 g/mol. The number of aromatic nitrogens is 4. The van der Waals surface area contributed by atoms with Gasteiger partial charge in [-0.3, -0.25) is 0 Å². The molecular formula is C13H13ClFN5. The summed E-state index contributed by atoms with van der Waals surface area (Å²) >= 11 is 5.88. The maximum Gasteiger partial charge on any atom is 0.167 e. The summed E-state index contributed by atoms with van der Waals surface area (Å²) in [6.07, 6.45) is 4.74. The van der Waals surface area contributed by atoms with Crippen LogP contribution in [0.4, 0.5) is 10.1 Å². The summed E-state index contributed by atoms with van der Waals surface area (Å²) < 4.78 is 15.8. The van der Waals surface area contributed by atoms with Crippen LogP contribution in [-0.4, -0.2) is 33.3 Å². The number of hydrogen-bond acceptors (Lipinski definition) is 4. The molecular weight excluding hydrogens is 281 g/mol. The molecule has 0 amide bonds. The molecule has 0 bridgehead atoms. The van der Waals surface area contributed by atoms with Gasteiger partial charge in [0.25, 0.3) is 0 Å². The first-order chi connectivity index (χ1) is 9.69. The normalized spacial score (nSPS) is 10.3. The predicted molar refractivity (Wildman–Crippen MR) is 76.7 cm³/mol. The Labute approximate surface area is 121 Å². The van der Waals surface area contributed by atoms with Gasteiger partial charge >= 0.3 is 0 Å². The molecule has 2 rings (SSSR count). The summed E-state index contributed by atoms with van der Waals surface area (Å²) in [5.74, 6) is -0.525. The van der Waals surface area contributed by atoms with Gasteiger partial charge in [0.15, 0.2) is 5.82 Å². The van der Waals surface area contributed by atoms with Crippen molar-refractivity contribution in [1.29, 1.82) is 0 Å². The van der Waals surface area contributed by atoms with Gasteiger partial charge in [-0.2, -0.15) is 4.68 Å². The third-order valence-corrected chi connectivity index (χ3v) is 2.95. The number of rotatable bonds is 6. The molecule has 5 nitrogen and oxygen atoms in total. The fourth-order valence-electron chi connectivity index (χ4n) is 1.86. The van der Waals surface area contributed by atoms with E-state index in [1.54, 1.807) is 23.1 Å². The van der Waals surface area contributed by atoms with E-state index in [1.807, 2.05) is 0 Å². The number of nitrogens with zero attached hydrogens (tertiary/aromatic N) is 5. The average Bonchev–Trinajstić information content (AvgIpc) is 2.95. The molecule has 7 heteroatoms. The second-order valence-electron chi connectivity index (χ2n) is 3.97. The fraction of sp³-hybridized carbons (Fsp3) is 0.154. The van der Waals surface area contributed by atoms with Crippen LogP contribution in [0.5, 0.6) is 0 Å². The molecule has 0 atom stereocenters. The van der Waals surface area contributed by atoms with Crippen molar-refractivity contribution in [2.75, 3.05) is 18.0 Å². The smallest absolute Gasteiger partial charge is 0.167 e. The Morgan fingerprint density at radius 1 is 1.30 bits per heavy atom. The molecule has 1 aromatic carbocycles. The highest BCUT2D eigenvalue weighted by atomic mass is 35.5. The standard InChI is InChI=1S/C13H13ClFN5/c1-3-7-19(8-4-2)13-11(20-9-16-17-18-20)6-5-10(14)12(13)15/h3-6,9H,1-2,7-8H2. The van der Waals surface area contributed by atoms with E-state index < -0.39 is 5.82 Å². The summed E-state index contributed by atoms with van der Waals surface area (Å²) in [6.45, 7) is 8.23. The van der Waals surface area contributed by atoms with Crippen molar-refractivity contribution in [1.82, 2.24) is 20.2 Å². The second-order valence-corrected chi connectivity index (χ2v) is 4.37. The fourth-order valence-corrected chi connectivity index (χ4v) is 2.01. The van der Waals surface area contributed by atoms with Gasteiger partial charge < -0.3 is 4.90 Å². The molecule has 0 aliphatic carbocycles. The molecule has 0 radical (unpaired) electrons. The molecule has 0 aliphatic heterocycles. The number of hydrogen-bond donors (Lipinski definition) is 0. The topological polar surface area (TPSA) is 46.8 Å². The summed E-state index contributed by atoms with van der Waals surface area (Å²) in [5.41, 5.74) is 0.810. The molecule has 0 saturated carbocycles. The van der Waals surface area contributed by atoms with Gasteiger partial charge in [0.05, 0.1) is 10.7 Å². The molecule has 20 heavy (non-hydrogen) atoms. The van der Waals surface area contributed by atoms with Gasteiger partial charge in [-0.25, -0.2) is 4.39 Å². The number of anilines is 1. The highest BCUT2D eigenvalue weighted by Crippen LogP contribution is 2.32. The molecule has 0 spiro atoms. The van der Waals surface area contributed by atoms with E-state index in [9.17, 15) is 4.39 Å². The van der Waals surface area contributed by atoms with Crippen molar-refractivity contribution in [2.24, 2.45) is 0 Å². The average molecular weight is 294 g/mol. The SMILES string of the molecule is C=CCN(CC=C)c1c(-n2cnnn2)ccc(Cl)c1F. The zero-order chi connectivity index (χ0) is 14.5. The van der Waals surface area contributed by atoms with Gasteiger partial charge in [0.1, 0.15) is 12.0 Å². The lowest BCUT2D eigenvalue weighted by Gasteiger charge is -2.25. The van der Waals surface area contributed by atoms with Gasteiger partial charge in [-0.05, 0) is 22.6 Å². The van der Waals surface area contributed by atoms with Gasteiger partial charge in [0, 0.05) is 13.1 Å². The third kappa shape index (κ3) is 2.70. The van der Waals surface area contributed by atoms with E-state index in [0.717, 1.165) is 0 Å². The zero-order valence-electron chi connectivity index (χ0n) is 10.7. The lowest BCUT2D eigenvalue weighted by atomic mass is 10.2. The molecule has 0 saturated heterocycles. The third-order valence-electron chi connectivity index (χ3n) is 2.66. The predicted octanol–water partition coefficient (Wildman–Crippen LogP) is 2.63. The molecule has 0 unspecified atom stereocenters. The number of halogens is 2. The van der Waals surface area contributed by atoms with E-state index in [1.165, 1.54) is 17.1 Å².